The van der Waals surface area contributed by atoms with Crippen molar-refractivity contribution in [1.29, 1.82) is 0 Å². The molecule has 1 saturated carbocycles. The van der Waals surface area contributed by atoms with Gasteiger partial charge >= 0.3 is 0 Å². The maximum absolute atomic E-state index is 5.46. The first-order valence-corrected chi connectivity index (χ1v) is 7.61. The smallest absolute Gasteiger partial charge is 0.0480 e. The molecule has 2 rings (SSSR count). The van der Waals surface area contributed by atoms with Gasteiger partial charge in [-0.05, 0) is 59.2 Å². The first-order chi connectivity index (χ1) is 8.66. The molecule has 2 unspecified atom stereocenters. The summed E-state index contributed by atoms with van der Waals surface area (Å²) in [6.45, 7) is 3.20. The molecule has 0 aromatic carbocycles. The van der Waals surface area contributed by atoms with E-state index in [-0.39, 0.29) is 0 Å². The van der Waals surface area contributed by atoms with Crippen molar-refractivity contribution in [2.24, 2.45) is 5.92 Å². The first kappa shape index (κ1) is 14.3. The Morgan fingerprint density at radius 1 is 0.944 bits per heavy atom. The van der Waals surface area contributed by atoms with Crippen LogP contribution in [0.15, 0.2) is 0 Å². The molecule has 0 amide bonds. The molecule has 0 spiro atoms. The van der Waals surface area contributed by atoms with Crippen LogP contribution in [0.5, 0.6) is 0 Å². The van der Waals surface area contributed by atoms with Crippen molar-refractivity contribution in [2.45, 2.75) is 50.6 Å². The van der Waals surface area contributed by atoms with Crippen LogP contribution < -0.4 is 0 Å². The summed E-state index contributed by atoms with van der Waals surface area (Å²) >= 11 is 0. The van der Waals surface area contributed by atoms with E-state index in [4.69, 9.17) is 4.74 Å². The van der Waals surface area contributed by atoms with E-state index in [9.17, 15) is 0 Å². The fourth-order valence-electron chi connectivity index (χ4n) is 3.58. The summed E-state index contributed by atoms with van der Waals surface area (Å²) in [5.74, 6) is 0.902. The molecule has 1 heterocycles. The van der Waals surface area contributed by atoms with Gasteiger partial charge in [-0.3, -0.25) is 0 Å². The van der Waals surface area contributed by atoms with Gasteiger partial charge in [-0.2, -0.15) is 0 Å². The molecule has 0 radical (unpaired) electrons. The minimum absolute atomic E-state index is 0.762. The molecule has 0 bridgehead atoms. The Hall–Kier alpha value is -0.120. The molecule has 0 aromatic rings. The van der Waals surface area contributed by atoms with Crippen LogP contribution in [0.3, 0.4) is 0 Å². The van der Waals surface area contributed by atoms with Crippen molar-refractivity contribution >= 4 is 0 Å². The van der Waals surface area contributed by atoms with Gasteiger partial charge in [0.15, 0.2) is 0 Å². The molecule has 2 fully saturated rings. The fourth-order valence-corrected chi connectivity index (χ4v) is 3.58. The van der Waals surface area contributed by atoms with Crippen LogP contribution in [-0.4, -0.2) is 62.8 Å². The summed E-state index contributed by atoms with van der Waals surface area (Å²) in [4.78, 5) is 5.02. The molecule has 3 heteroatoms. The van der Waals surface area contributed by atoms with E-state index in [1.165, 1.54) is 45.1 Å². The van der Waals surface area contributed by atoms with E-state index in [0.29, 0.717) is 0 Å². The zero-order valence-electron chi connectivity index (χ0n) is 12.4. The monoisotopic (exact) mass is 254 g/mol. The lowest BCUT2D eigenvalue weighted by Crippen LogP contribution is -2.42. The highest BCUT2D eigenvalue weighted by Crippen LogP contribution is 2.28. The van der Waals surface area contributed by atoms with Crippen molar-refractivity contribution in [3.8, 4) is 0 Å². The maximum atomic E-state index is 5.46. The van der Waals surface area contributed by atoms with Crippen LogP contribution in [-0.2, 0) is 4.74 Å². The van der Waals surface area contributed by atoms with Crippen molar-refractivity contribution in [2.75, 3.05) is 40.9 Å². The Bertz CT molecular complexity index is 239. The van der Waals surface area contributed by atoms with Crippen LogP contribution in [0.4, 0.5) is 0 Å². The average molecular weight is 254 g/mol. The fraction of sp³-hybridized carbons (Fsp3) is 1.00. The highest BCUT2D eigenvalue weighted by Gasteiger charge is 2.26. The summed E-state index contributed by atoms with van der Waals surface area (Å²) < 4.78 is 5.46. The minimum Gasteiger partial charge on any atom is -0.381 e. The number of nitrogens with zero attached hydrogens (tertiary/aromatic N) is 2. The van der Waals surface area contributed by atoms with Crippen molar-refractivity contribution in [1.82, 2.24) is 9.80 Å². The van der Waals surface area contributed by atoms with Gasteiger partial charge in [-0.15, -0.1) is 0 Å². The lowest BCUT2D eigenvalue weighted by Gasteiger charge is -2.38. The quantitative estimate of drug-likeness (QED) is 0.765. The van der Waals surface area contributed by atoms with Crippen LogP contribution in [0.2, 0.25) is 0 Å². The van der Waals surface area contributed by atoms with Crippen molar-refractivity contribution in [3.05, 3.63) is 0 Å². The van der Waals surface area contributed by atoms with Crippen LogP contribution in [0.1, 0.15) is 38.5 Å². The number of ether oxygens (including phenoxy) is 1. The Morgan fingerprint density at radius 2 is 1.67 bits per heavy atom. The third-order valence-corrected chi connectivity index (χ3v) is 4.85. The Morgan fingerprint density at radius 3 is 2.33 bits per heavy atom. The molecular formula is C15H30N2O. The zero-order valence-corrected chi connectivity index (χ0v) is 12.4. The van der Waals surface area contributed by atoms with Crippen LogP contribution in [0, 0.1) is 5.92 Å². The number of hydrogen-bond acceptors (Lipinski definition) is 3. The first-order valence-electron chi connectivity index (χ1n) is 7.61. The molecule has 18 heavy (non-hydrogen) atoms. The third-order valence-electron chi connectivity index (χ3n) is 4.85. The van der Waals surface area contributed by atoms with E-state index < -0.39 is 0 Å². The van der Waals surface area contributed by atoms with Gasteiger partial charge in [0.25, 0.3) is 0 Å². The van der Waals surface area contributed by atoms with Gasteiger partial charge in [0.2, 0.25) is 0 Å². The summed E-state index contributed by atoms with van der Waals surface area (Å²) in [5.41, 5.74) is 0. The van der Waals surface area contributed by atoms with E-state index in [1.807, 2.05) is 0 Å². The van der Waals surface area contributed by atoms with Crippen LogP contribution in [0.25, 0.3) is 0 Å². The summed E-state index contributed by atoms with van der Waals surface area (Å²) in [5, 5.41) is 0. The molecule has 3 nitrogen and oxygen atoms in total. The van der Waals surface area contributed by atoms with E-state index in [0.717, 1.165) is 31.2 Å². The number of rotatable bonds is 4. The van der Waals surface area contributed by atoms with Crippen molar-refractivity contribution < 1.29 is 4.74 Å². The second-order valence-electron chi connectivity index (χ2n) is 6.43. The van der Waals surface area contributed by atoms with Crippen LogP contribution >= 0.6 is 0 Å². The lowest BCUT2D eigenvalue weighted by molar-refractivity contribution is 0.0335. The van der Waals surface area contributed by atoms with Gasteiger partial charge in [-0.1, -0.05) is 6.42 Å². The average Bonchev–Trinajstić information content (AvgIpc) is 2.40. The Labute approximate surface area is 112 Å². The predicted octanol–water partition coefficient (Wildman–Crippen LogP) is 2.22. The summed E-state index contributed by atoms with van der Waals surface area (Å²) in [6, 6.07) is 1.57. The SMILES string of the molecule is CN(C)C1CCCC(CN(C)C2CCOCC2)C1. The molecule has 1 aliphatic heterocycles. The molecule has 2 aliphatic rings. The van der Waals surface area contributed by atoms with Gasteiger partial charge < -0.3 is 14.5 Å². The molecule has 0 aromatic heterocycles. The second-order valence-corrected chi connectivity index (χ2v) is 6.43. The minimum atomic E-state index is 0.762. The van der Waals surface area contributed by atoms with Gasteiger partial charge in [0, 0.05) is 31.8 Å². The second kappa shape index (κ2) is 6.88. The molecule has 0 N–H and O–H groups in total. The Balaban J connectivity index is 1.77. The lowest BCUT2D eigenvalue weighted by atomic mass is 9.84. The highest BCUT2D eigenvalue weighted by atomic mass is 16.5. The molecule has 106 valence electrons. The molecular weight excluding hydrogens is 224 g/mol. The van der Waals surface area contributed by atoms with Gasteiger partial charge in [0.1, 0.15) is 0 Å². The van der Waals surface area contributed by atoms with Gasteiger partial charge in [0.05, 0.1) is 0 Å². The zero-order chi connectivity index (χ0) is 13.0. The highest BCUT2D eigenvalue weighted by molar-refractivity contribution is 4.81. The molecule has 1 aliphatic carbocycles. The van der Waals surface area contributed by atoms with E-state index >= 15 is 0 Å². The standard InChI is InChI=1S/C15H30N2O/c1-16(2)15-6-4-5-13(11-15)12-17(3)14-7-9-18-10-8-14/h13-15H,4-12H2,1-3H3. The Kier molecular flexibility index (Phi) is 5.46. The van der Waals surface area contributed by atoms with E-state index in [2.05, 4.69) is 30.9 Å². The molecule has 1 saturated heterocycles. The number of hydrogen-bond donors (Lipinski definition) is 0. The third kappa shape index (κ3) is 3.94. The van der Waals surface area contributed by atoms with Crippen molar-refractivity contribution in [3.63, 3.8) is 0 Å². The molecule has 2 atom stereocenters. The van der Waals surface area contributed by atoms with E-state index in [1.54, 1.807) is 0 Å². The predicted molar refractivity (Wildman–Crippen MR) is 75.9 cm³/mol. The topological polar surface area (TPSA) is 15.7 Å². The summed E-state index contributed by atoms with van der Waals surface area (Å²) in [6.07, 6.45) is 8.07. The van der Waals surface area contributed by atoms with Gasteiger partial charge in [-0.25, -0.2) is 0 Å². The normalized spacial score (nSPS) is 31.2. The largest absolute Gasteiger partial charge is 0.381 e. The summed E-state index contributed by atoms with van der Waals surface area (Å²) in [7, 11) is 6.78. The maximum Gasteiger partial charge on any atom is 0.0480 e.